The SMILES string of the molecule is CC(C)Oc1ccccc1Nc1ccc(C(=O)N2CCCCC2)nc1. The van der Waals surface area contributed by atoms with Gasteiger partial charge in [-0.15, -0.1) is 0 Å². The molecule has 5 heteroatoms. The van der Waals surface area contributed by atoms with Crippen molar-refractivity contribution in [1.29, 1.82) is 0 Å². The van der Waals surface area contributed by atoms with Crippen LogP contribution >= 0.6 is 0 Å². The van der Waals surface area contributed by atoms with Crippen LogP contribution in [-0.4, -0.2) is 35.0 Å². The summed E-state index contributed by atoms with van der Waals surface area (Å²) in [5.41, 5.74) is 2.21. The highest BCUT2D eigenvalue weighted by atomic mass is 16.5. The summed E-state index contributed by atoms with van der Waals surface area (Å²) in [5, 5.41) is 3.31. The number of para-hydroxylation sites is 2. The number of pyridine rings is 1. The van der Waals surface area contributed by atoms with Crippen molar-refractivity contribution in [3.63, 3.8) is 0 Å². The van der Waals surface area contributed by atoms with Gasteiger partial charge in [0, 0.05) is 13.1 Å². The third kappa shape index (κ3) is 4.50. The van der Waals surface area contributed by atoms with E-state index in [0.29, 0.717) is 5.69 Å². The monoisotopic (exact) mass is 339 g/mol. The minimum atomic E-state index is 0.0230. The molecule has 5 nitrogen and oxygen atoms in total. The van der Waals surface area contributed by atoms with Gasteiger partial charge >= 0.3 is 0 Å². The summed E-state index contributed by atoms with van der Waals surface area (Å²) in [4.78, 5) is 18.7. The summed E-state index contributed by atoms with van der Waals surface area (Å²) < 4.78 is 5.82. The molecule has 2 aromatic rings. The Morgan fingerprint density at radius 3 is 2.56 bits per heavy atom. The van der Waals surface area contributed by atoms with Crippen molar-refractivity contribution < 1.29 is 9.53 Å². The van der Waals surface area contributed by atoms with E-state index in [1.54, 1.807) is 12.3 Å². The number of piperidine rings is 1. The molecule has 0 bridgehead atoms. The van der Waals surface area contributed by atoms with E-state index in [9.17, 15) is 4.79 Å². The van der Waals surface area contributed by atoms with Crippen LogP contribution in [0.2, 0.25) is 0 Å². The molecule has 0 saturated carbocycles. The summed E-state index contributed by atoms with van der Waals surface area (Å²) in [6.45, 7) is 5.67. The van der Waals surface area contributed by atoms with Crippen molar-refractivity contribution in [2.75, 3.05) is 18.4 Å². The number of carbonyl (C=O) groups is 1. The van der Waals surface area contributed by atoms with Gasteiger partial charge in [-0.05, 0) is 57.4 Å². The average Bonchev–Trinajstić information content (AvgIpc) is 2.64. The zero-order valence-electron chi connectivity index (χ0n) is 14.9. The number of nitrogens with one attached hydrogen (secondary N) is 1. The zero-order valence-corrected chi connectivity index (χ0v) is 14.9. The van der Waals surface area contributed by atoms with E-state index in [4.69, 9.17) is 4.74 Å². The molecule has 0 atom stereocenters. The van der Waals surface area contributed by atoms with Gasteiger partial charge in [-0.1, -0.05) is 12.1 Å². The first-order valence-electron chi connectivity index (χ1n) is 8.91. The van der Waals surface area contributed by atoms with Gasteiger partial charge in [0.05, 0.1) is 23.7 Å². The molecule has 1 saturated heterocycles. The van der Waals surface area contributed by atoms with Crippen LogP contribution in [0.3, 0.4) is 0 Å². The second-order valence-electron chi connectivity index (χ2n) is 6.57. The molecular formula is C20H25N3O2. The van der Waals surface area contributed by atoms with Crippen LogP contribution in [0.15, 0.2) is 42.6 Å². The summed E-state index contributed by atoms with van der Waals surface area (Å²) in [6, 6.07) is 11.5. The predicted octanol–water partition coefficient (Wildman–Crippen LogP) is 4.24. The van der Waals surface area contributed by atoms with E-state index >= 15 is 0 Å². The fourth-order valence-corrected chi connectivity index (χ4v) is 2.94. The molecule has 0 aliphatic carbocycles. The lowest BCUT2D eigenvalue weighted by molar-refractivity contribution is 0.0718. The van der Waals surface area contributed by atoms with Gasteiger partial charge in [0.15, 0.2) is 0 Å². The molecule has 1 aromatic heterocycles. The van der Waals surface area contributed by atoms with Gasteiger partial charge in [-0.25, -0.2) is 4.98 Å². The maximum absolute atomic E-state index is 12.5. The first-order valence-corrected chi connectivity index (χ1v) is 8.91. The number of hydrogen-bond acceptors (Lipinski definition) is 4. The quantitative estimate of drug-likeness (QED) is 0.885. The Morgan fingerprint density at radius 2 is 1.88 bits per heavy atom. The van der Waals surface area contributed by atoms with Crippen molar-refractivity contribution >= 4 is 17.3 Å². The normalized spacial score (nSPS) is 14.4. The second kappa shape index (κ2) is 8.01. The molecule has 0 spiro atoms. The summed E-state index contributed by atoms with van der Waals surface area (Å²) in [5.74, 6) is 0.820. The zero-order chi connectivity index (χ0) is 17.6. The minimum absolute atomic E-state index is 0.0230. The van der Waals surface area contributed by atoms with Crippen molar-refractivity contribution in [3.05, 3.63) is 48.3 Å². The summed E-state index contributed by atoms with van der Waals surface area (Å²) >= 11 is 0. The predicted molar refractivity (Wildman–Crippen MR) is 99.5 cm³/mol. The molecule has 3 rings (SSSR count). The third-order valence-electron chi connectivity index (χ3n) is 4.15. The van der Waals surface area contributed by atoms with E-state index in [-0.39, 0.29) is 12.0 Å². The number of likely N-dealkylation sites (tertiary alicyclic amines) is 1. The van der Waals surface area contributed by atoms with Gasteiger partial charge in [0.2, 0.25) is 0 Å². The standard InChI is InChI=1S/C20H25N3O2/c1-15(2)25-19-9-5-4-8-17(19)22-16-10-11-18(21-14-16)20(24)23-12-6-3-7-13-23/h4-5,8-11,14-15,22H,3,6-7,12-13H2,1-2H3. The largest absolute Gasteiger partial charge is 0.489 e. The van der Waals surface area contributed by atoms with E-state index in [1.165, 1.54) is 6.42 Å². The number of anilines is 2. The number of hydrogen-bond donors (Lipinski definition) is 1. The Kier molecular flexibility index (Phi) is 5.53. The van der Waals surface area contributed by atoms with Crippen LogP contribution in [0.5, 0.6) is 5.75 Å². The number of aromatic nitrogens is 1. The molecule has 132 valence electrons. The van der Waals surface area contributed by atoms with Crippen molar-refractivity contribution in [2.24, 2.45) is 0 Å². The first kappa shape index (κ1) is 17.3. The molecule has 1 aliphatic heterocycles. The van der Waals surface area contributed by atoms with Crippen LogP contribution < -0.4 is 10.1 Å². The lowest BCUT2D eigenvalue weighted by Crippen LogP contribution is -2.36. The number of nitrogens with zero attached hydrogens (tertiary/aromatic N) is 2. The second-order valence-corrected chi connectivity index (χ2v) is 6.57. The number of benzene rings is 1. The Balaban J connectivity index is 1.70. The van der Waals surface area contributed by atoms with Gasteiger partial charge < -0.3 is 15.0 Å². The Morgan fingerprint density at radius 1 is 1.12 bits per heavy atom. The highest BCUT2D eigenvalue weighted by Crippen LogP contribution is 2.28. The minimum Gasteiger partial charge on any atom is -0.489 e. The summed E-state index contributed by atoms with van der Waals surface area (Å²) in [6.07, 6.45) is 5.17. The highest BCUT2D eigenvalue weighted by molar-refractivity contribution is 5.92. The van der Waals surface area contributed by atoms with Crippen LogP contribution in [0, 0.1) is 0 Å². The average molecular weight is 339 g/mol. The molecule has 0 radical (unpaired) electrons. The van der Waals surface area contributed by atoms with Gasteiger partial charge in [0.1, 0.15) is 11.4 Å². The molecule has 0 unspecified atom stereocenters. The molecule has 1 amide bonds. The molecule has 1 N–H and O–H groups in total. The van der Waals surface area contributed by atoms with Crippen LogP contribution in [0.25, 0.3) is 0 Å². The van der Waals surface area contributed by atoms with Gasteiger partial charge in [-0.3, -0.25) is 4.79 Å². The Bertz CT molecular complexity index is 707. The lowest BCUT2D eigenvalue weighted by Gasteiger charge is -2.26. The fourth-order valence-electron chi connectivity index (χ4n) is 2.94. The van der Waals surface area contributed by atoms with E-state index in [0.717, 1.165) is 43.1 Å². The lowest BCUT2D eigenvalue weighted by atomic mass is 10.1. The fraction of sp³-hybridized carbons (Fsp3) is 0.400. The van der Waals surface area contributed by atoms with Crippen molar-refractivity contribution in [2.45, 2.75) is 39.2 Å². The molecule has 1 aromatic carbocycles. The number of rotatable bonds is 5. The van der Waals surface area contributed by atoms with E-state index in [1.807, 2.05) is 49.1 Å². The van der Waals surface area contributed by atoms with E-state index < -0.39 is 0 Å². The Labute approximate surface area is 149 Å². The van der Waals surface area contributed by atoms with Crippen LogP contribution in [0.4, 0.5) is 11.4 Å². The van der Waals surface area contributed by atoms with Gasteiger partial charge in [0.25, 0.3) is 5.91 Å². The van der Waals surface area contributed by atoms with Crippen LogP contribution in [0.1, 0.15) is 43.6 Å². The molecule has 2 heterocycles. The highest BCUT2D eigenvalue weighted by Gasteiger charge is 2.19. The molecule has 25 heavy (non-hydrogen) atoms. The number of ether oxygens (including phenoxy) is 1. The van der Waals surface area contributed by atoms with E-state index in [2.05, 4.69) is 10.3 Å². The van der Waals surface area contributed by atoms with Crippen LogP contribution in [-0.2, 0) is 0 Å². The van der Waals surface area contributed by atoms with Crippen molar-refractivity contribution in [3.8, 4) is 5.75 Å². The van der Waals surface area contributed by atoms with Crippen molar-refractivity contribution in [1.82, 2.24) is 9.88 Å². The summed E-state index contributed by atoms with van der Waals surface area (Å²) in [7, 11) is 0. The maximum atomic E-state index is 12.5. The molecule has 1 aliphatic rings. The van der Waals surface area contributed by atoms with Gasteiger partial charge in [-0.2, -0.15) is 0 Å². The molecular weight excluding hydrogens is 314 g/mol. The first-order chi connectivity index (χ1) is 12.1. The topological polar surface area (TPSA) is 54.5 Å². The molecule has 1 fully saturated rings. The third-order valence-corrected chi connectivity index (χ3v) is 4.15. The number of amides is 1. The maximum Gasteiger partial charge on any atom is 0.272 e. The Hall–Kier alpha value is -2.56. The smallest absolute Gasteiger partial charge is 0.272 e. The number of carbonyl (C=O) groups excluding carboxylic acids is 1.